The molecule has 3 nitrogen and oxygen atoms in total. The van der Waals surface area contributed by atoms with Gasteiger partial charge in [-0.15, -0.1) is 0 Å². The first-order chi connectivity index (χ1) is 12.9. The minimum atomic E-state index is -0.116. The zero-order valence-corrected chi connectivity index (χ0v) is 16.2. The van der Waals surface area contributed by atoms with Crippen molar-refractivity contribution in [3.63, 3.8) is 0 Å². The molecular formula is C24H24N2O. The third kappa shape index (κ3) is 2.74. The number of nitrogens with zero attached hydrogens (tertiary/aromatic N) is 2. The number of fused-ring (bicyclic) bond motifs is 2. The van der Waals surface area contributed by atoms with E-state index in [1.165, 1.54) is 16.9 Å². The molecule has 0 unspecified atom stereocenters. The lowest BCUT2D eigenvalue weighted by atomic mass is 9.83. The largest absolute Gasteiger partial charge is 0.341 e. The van der Waals surface area contributed by atoms with Crippen LogP contribution in [0, 0.1) is 0 Å². The van der Waals surface area contributed by atoms with Gasteiger partial charge in [-0.3, -0.25) is 9.78 Å². The van der Waals surface area contributed by atoms with Crippen molar-refractivity contribution < 1.29 is 4.79 Å². The van der Waals surface area contributed by atoms with E-state index in [0.29, 0.717) is 17.3 Å². The average molecular weight is 356 g/mol. The van der Waals surface area contributed by atoms with Crippen LogP contribution in [0.2, 0.25) is 0 Å². The molecule has 1 aliphatic heterocycles. The Kier molecular flexibility index (Phi) is 4.11. The van der Waals surface area contributed by atoms with Crippen molar-refractivity contribution in [1.29, 1.82) is 0 Å². The van der Waals surface area contributed by atoms with Crippen LogP contribution in [0.5, 0.6) is 0 Å². The van der Waals surface area contributed by atoms with Gasteiger partial charge in [-0.05, 0) is 43.7 Å². The van der Waals surface area contributed by atoms with E-state index in [4.69, 9.17) is 0 Å². The summed E-state index contributed by atoms with van der Waals surface area (Å²) < 4.78 is 0. The molecule has 0 fully saturated rings. The van der Waals surface area contributed by atoms with Crippen LogP contribution in [0.25, 0.3) is 6.08 Å². The average Bonchev–Trinajstić information content (AvgIpc) is 2.89. The van der Waals surface area contributed by atoms with Crippen molar-refractivity contribution in [3.8, 4) is 0 Å². The fraction of sp³-hybridized carbons (Fsp3) is 0.250. The van der Waals surface area contributed by atoms with Crippen LogP contribution in [0.4, 0.5) is 5.69 Å². The van der Waals surface area contributed by atoms with Crippen LogP contribution in [0.3, 0.4) is 0 Å². The molecule has 0 spiro atoms. The van der Waals surface area contributed by atoms with Crippen molar-refractivity contribution >= 4 is 17.5 Å². The van der Waals surface area contributed by atoms with Crippen LogP contribution in [0.1, 0.15) is 49.3 Å². The van der Waals surface area contributed by atoms with Gasteiger partial charge in [0.1, 0.15) is 5.69 Å². The van der Waals surface area contributed by atoms with Gasteiger partial charge < -0.3 is 4.90 Å². The molecule has 4 rings (SSSR count). The Morgan fingerprint density at radius 2 is 1.81 bits per heavy atom. The molecule has 27 heavy (non-hydrogen) atoms. The Labute approximate surface area is 160 Å². The number of aromatic nitrogens is 1. The predicted octanol–water partition coefficient (Wildman–Crippen LogP) is 5.31. The van der Waals surface area contributed by atoms with Gasteiger partial charge in [0.25, 0.3) is 0 Å². The maximum atomic E-state index is 12.8. The number of pyridine rings is 1. The van der Waals surface area contributed by atoms with Crippen molar-refractivity contribution in [1.82, 2.24) is 4.98 Å². The number of anilines is 1. The smallest absolute Gasteiger partial charge is 0.211 e. The first-order valence-corrected chi connectivity index (χ1v) is 9.40. The van der Waals surface area contributed by atoms with E-state index >= 15 is 0 Å². The quantitative estimate of drug-likeness (QED) is 0.684. The monoisotopic (exact) mass is 356 g/mol. The molecule has 0 atom stereocenters. The molecule has 136 valence electrons. The lowest BCUT2D eigenvalue weighted by Gasteiger charge is -2.30. The summed E-state index contributed by atoms with van der Waals surface area (Å²) in [5.41, 5.74) is 5.74. The van der Waals surface area contributed by atoms with Gasteiger partial charge in [0.2, 0.25) is 5.78 Å². The number of carbonyl (C=O) groups excluding carboxylic acids is 1. The molecule has 0 amide bonds. The van der Waals surface area contributed by atoms with Gasteiger partial charge in [-0.2, -0.15) is 0 Å². The van der Waals surface area contributed by atoms with E-state index in [1.54, 1.807) is 6.20 Å². The fourth-order valence-corrected chi connectivity index (χ4v) is 4.06. The van der Waals surface area contributed by atoms with Crippen LogP contribution in [0.15, 0.2) is 72.1 Å². The highest BCUT2D eigenvalue weighted by Gasteiger charge is 2.40. The number of benzene rings is 1. The fourth-order valence-electron chi connectivity index (χ4n) is 4.06. The maximum absolute atomic E-state index is 12.8. The second-order valence-corrected chi connectivity index (χ2v) is 7.88. The summed E-state index contributed by atoms with van der Waals surface area (Å²) in [6, 6.07) is 12.7. The first kappa shape index (κ1) is 17.5. The molecule has 0 saturated heterocycles. The Balaban J connectivity index is 1.78. The first-order valence-electron chi connectivity index (χ1n) is 9.40. The van der Waals surface area contributed by atoms with Gasteiger partial charge in [-0.25, -0.2) is 0 Å². The van der Waals surface area contributed by atoms with Crippen LogP contribution < -0.4 is 4.90 Å². The lowest BCUT2D eigenvalue weighted by Crippen LogP contribution is -2.31. The molecule has 0 bridgehead atoms. The number of Topliss-reactive ketones (excluding diaryl/α,β-unsaturated/α-hetero) is 1. The summed E-state index contributed by atoms with van der Waals surface area (Å²) in [6.45, 7) is 8.89. The van der Waals surface area contributed by atoms with Gasteiger partial charge in [0, 0.05) is 40.2 Å². The van der Waals surface area contributed by atoms with Gasteiger partial charge in [0.15, 0.2) is 0 Å². The van der Waals surface area contributed by atoms with Gasteiger partial charge in [0.05, 0.1) is 0 Å². The molecule has 2 aromatic rings. The Morgan fingerprint density at radius 3 is 2.59 bits per heavy atom. The highest BCUT2D eigenvalue weighted by atomic mass is 16.1. The molecule has 0 saturated carbocycles. The van der Waals surface area contributed by atoms with Crippen molar-refractivity contribution in [2.75, 3.05) is 4.90 Å². The summed E-state index contributed by atoms with van der Waals surface area (Å²) in [5.74, 6) is -0.0191. The van der Waals surface area contributed by atoms with Crippen molar-refractivity contribution in [2.24, 2.45) is 0 Å². The molecular weight excluding hydrogens is 332 g/mol. The topological polar surface area (TPSA) is 33.2 Å². The van der Waals surface area contributed by atoms with E-state index in [2.05, 4.69) is 67.9 Å². The highest BCUT2D eigenvalue weighted by Crippen LogP contribution is 2.48. The summed E-state index contributed by atoms with van der Waals surface area (Å²) in [5, 5.41) is 0. The number of allylic oxidation sites excluding steroid dienone is 5. The van der Waals surface area contributed by atoms with E-state index in [-0.39, 0.29) is 11.2 Å². The third-order valence-electron chi connectivity index (χ3n) is 5.43. The number of carbonyl (C=O) groups is 1. The second-order valence-electron chi connectivity index (χ2n) is 7.88. The van der Waals surface area contributed by atoms with Crippen molar-refractivity contribution in [3.05, 3.63) is 88.9 Å². The number of hydrogen-bond donors (Lipinski definition) is 0. The number of hydrogen-bond acceptors (Lipinski definition) is 3. The standard InChI is InChI=1S/C24H24N2O/c1-16(2)26-20-10-6-5-9-19(20)24(3,4)21(26)14-13-18-12-11-17-8-7-15-25-22(17)23(18)27/h5-16H,1-4H3. The minimum absolute atomic E-state index is 0.0191. The summed E-state index contributed by atoms with van der Waals surface area (Å²) in [7, 11) is 0. The van der Waals surface area contributed by atoms with Crippen LogP contribution in [-0.2, 0) is 5.41 Å². The maximum Gasteiger partial charge on any atom is 0.211 e. The van der Waals surface area contributed by atoms with E-state index in [1.807, 2.05) is 30.4 Å². The van der Waals surface area contributed by atoms with E-state index in [0.717, 1.165) is 5.56 Å². The molecule has 0 N–H and O–H groups in total. The number of ketones is 1. The molecule has 0 radical (unpaired) electrons. The molecule has 1 aliphatic carbocycles. The SMILES string of the molecule is CC(C)N1C(=CC=C2C=Cc3cccnc3C2=O)C(C)(C)c2ccccc21. The van der Waals surface area contributed by atoms with E-state index < -0.39 is 0 Å². The Morgan fingerprint density at radius 1 is 1.04 bits per heavy atom. The summed E-state index contributed by atoms with van der Waals surface area (Å²) in [4.78, 5) is 19.4. The minimum Gasteiger partial charge on any atom is -0.341 e. The Bertz CT molecular complexity index is 1010. The zero-order valence-electron chi connectivity index (χ0n) is 16.2. The zero-order chi connectivity index (χ0) is 19.2. The highest BCUT2D eigenvalue weighted by molar-refractivity contribution is 6.14. The van der Waals surface area contributed by atoms with Crippen LogP contribution >= 0.6 is 0 Å². The number of rotatable bonds is 2. The molecule has 2 aliphatic rings. The normalized spacial score (nSPS) is 20.5. The van der Waals surface area contributed by atoms with E-state index in [9.17, 15) is 4.79 Å². The predicted molar refractivity (Wildman–Crippen MR) is 111 cm³/mol. The number of para-hydroxylation sites is 1. The molecule has 1 aromatic heterocycles. The molecule has 1 aromatic carbocycles. The lowest BCUT2D eigenvalue weighted by molar-refractivity contribution is 0.103. The molecule has 3 heteroatoms. The summed E-state index contributed by atoms with van der Waals surface area (Å²) >= 11 is 0. The van der Waals surface area contributed by atoms with Gasteiger partial charge in [-0.1, -0.05) is 50.3 Å². The Hall–Kier alpha value is -2.94. The third-order valence-corrected chi connectivity index (χ3v) is 5.43. The molecule has 2 heterocycles. The van der Waals surface area contributed by atoms with Crippen LogP contribution in [-0.4, -0.2) is 16.8 Å². The van der Waals surface area contributed by atoms with Gasteiger partial charge >= 0.3 is 0 Å². The summed E-state index contributed by atoms with van der Waals surface area (Å²) in [6.07, 6.45) is 9.56. The second kappa shape index (κ2) is 6.34. The van der Waals surface area contributed by atoms with Crippen molar-refractivity contribution in [2.45, 2.75) is 39.2 Å².